The molecule has 0 radical (unpaired) electrons. The summed E-state index contributed by atoms with van der Waals surface area (Å²) in [6, 6.07) is 18.6. The number of aryl methyl sites for hydroxylation is 1. The molecule has 0 aliphatic carbocycles. The molecule has 142 valence electrons. The lowest BCUT2D eigenvalue weighted by molar-refractivity contribution is 0.143. The van der Waals surface area contributed by atoms with E-state index < -0.39 is 0 Å². The molecule has 0 unspecified atom stereocenters. The first-order valence-corrected chi connectivity index (χ1v) is 9.01. The molecule has 0 atom stereocenters. The Kier molecular flexibility index (Phi) is 11.7. The SMILES string of the molecule is CCOCCCCNC(=NCc1ccc(C)cc1)Nc1ccccc1.I. The molecule has 2 rings (SSSR count). The predicted molar refractivity (Wildman–Crippen MR) is 122 cm³/mol. The van der Waals surface area contributed by atoms with Crippen molar-refractivity contribution >= 4 is 35.6 Å². The van der Waals surface area contributed by atoms with Crippen molar-refractivity contribution in [2.24, 2.45) is 4.99 Å². The maximum atomic E-state index is 5.38. The van der Waals surface area contributed by atoms with Gasteiger partial charge in [-0.15, -0.1) is 24.0 Å². The van der Waals surface area contributed by atoms with E-state index in [1.54, 1.807) is 0 Å². The number of rotatable bonds is 9. The summed E-state index contributed by atoms with van der Waals surface area (Å²) in [7, 11) is 0. The number of hydrogen-bond donors (Lipinski definition) is 2. The molecule has 0 fully saturated rings. The molecule has 0 bridgehead atoms. The van der Waals surface area contributed by atoms with Crippen molar-refractivity contribution in [3.05, 3.63) is 65.7 Å². The van der Waals surface area contributed by atoms with Crippen molar-refractivity contribution in [2.45, 2.75) is 33.2 Å². The molecule has 0 saturated carbocycles. The second-order valence-electron chi connectivity index (χ2n) is 5.97. The van der Waals surface area contributed by atoms with Crippen LogP contribution >= 0.6 is 24.0 Å². The van der Waals surface area contributed by atoms with E-state index in [1.807, 2.05) is 37.3 Å². The van der Waals surface area contributed by atoms with Crippen LogP contribution in [0.5, 0.6) is 0 Å². The van der Waals surface area contributed by atoms with Crippen LogP contribution in [0.4, 0.5) is 5.69 Å². The van der Waals surface area contributed by atoms with Crippen LogP contribution in [-0.4, -0.2) is 25.7 Å². The lowest BCUT2D eigenvalue weighted by Gasteiger charge is -2.13. The summed E-state index contributed by atoms with van der Waals surface area (Å²) in [6.45, 7) is 7.25. The predicted octanol–water partition coefficient (Wildman–Crippen LogP) is 4.99. The maximum Gasteiger partial charge on any atom is 0.196 e. The molecule has 5 heteroatoms. The van der Waals surface area contributed by atoms with E-state index in [4.69, 9.17) is 9.73 Å². The van der Waals surface area contributed by atoms with E-state index in [0.29, 0.717) is 6.54 Å². The van der Waals surface area contributed by atoms with Crippen molar-refractivity contribution in [2.75, 3.05) is 25.1 Å². The number of ether oxygens (including phenoxy) is 1. The molecule has 0 saturated heterocycles. The minimum Gasteiger partial charge on any atom is -0.382 e. The smallest absolute Gasteiger partial charge is 0.196 e. The minimum atomic E-state index is 0. The third kappa shape index (κ3) is 9.20. The summed E-state index contributed by atoms with van der Waals surface area (Å²) < 4.78 is 5.38. The minimum absolute atomic E-state index is 0. The van der Waals surface area contributed by atoms with E-state index in [0.717, 1.165) is 44.2 Å². The standard InChI is InChI=1S/C21H29N3O.HI/c1-3-25-16-8-7-15-22-21(24-20-9-5-4-6-10-20)23-17-19-13-11-18(2)12-14-19;/h4-6,9-14H,3,7-8,15-17H2,1-2H3,(H2,22,23,24);1H. The number of para-hydroxylation sites is 1. The highest BCUT2D eigenvalue weighted by atomic mass is 127. The first-order valence-electron chi connectivity index (χ1n) is 9.01. The van der Waals surface area contributed by atoms with Crippen molar-refractivity contribution in [3.63, 3.8) is 0 Å². The highest BCUT2D eigenvalue weighted by molar-refractivity contribution is 14.0. The zero-order valence-corrected chi connectivity index (χ0v) is 18.0. The molecule has 2 N–H and O–H groups in total. The Morgan fingerprint density at radius 3 is 2.42 bits per heavy atom. The summed E-state index contributed by atoms with van der Waals surface area (Å²) in [5.41, 5.74) is 3.51. The Morgan fingerprint density at radius 1 is 1.00 bits per heavy atom. The summed E-state index contributed by atoms with van der Waals surface area (Å²) in [4.78, 5) is 4.72. The molecule has 0 aromatic heterocycles. The number of hydrogen-bond acceptors (Lipinski definition) is 2. The van der Waals surface area contributed by atoms with Gasteiger partial charge in [-0.25, -0.2) is 4.99 Å². The number of halogens is 1. The van der Waals surface area contributed by atoms with Crippen LogP contribution in [0.25, 0.3) is 0 Å². The van der Waals surface area contributed by atoms with Crippen molar-refractivity contribution in [1.29, 1.82) is 0 Å². The van der Waals surface area contributed by atoms with E-state index in [9.17, 15) is 0 Å². The molecule has 0 spiro atoms. The normalized spacial score (nSPS) is 10.9. The fraction of sp³-hybridized carbons (Fsp3) is 0.381. The van der Waals surface area contributed by atoms with Crippen LogP contribution in [0.1, 0.15) is 30.9 Å². The van der Waals surface area contributed by atoms with Gasteiger partial charge in [0.15, 0.2) is 5.96 Å². The number of unbranched alkanes of at least 4 members (excludes halogenated alkanes) is 1. The monoisotopic (exact) mass is 467 g/mol. The first-order chi connectivity index (χ1) is 12.3. The highest BCUT2D eigenvalue weighted by Gasteiger charge is 2.00. The molecule has 4 nitrogen and oxygen atoms in total. The van der Waals surface area contributed by atoms with Gasteiger partial charge < -0.3 is 15.4 Å². The second kappa shape index (κ2) is 13.6. The quantitative estimate of drug-likeness (QED) is 0.237. The van der Waals surface area contributed by atoms with Gasteiger partial charge in [0, 0.05) is 25.4 Å². The van der Waals surface area contributed by atoms with Crippen molar-refractivity contribution in [3.8, 4) is 0 Å². The Morgan fingerprint density at radius 2 is 1.73 bits per heavy atom. The molecule has 0 heterocycles. The third-order valence-electron chi connectivity index (χ3n) is 3.79. The van der Waals surface area contributed by atoms with Gasteiger partial charge in [0.25, 0.3) is 0 Å². The number of nitrogens with zero attached hydrogens (tertiary/aromatic N) is 1. The summed E-state index contributed by atoms with van der Waals surface area (Å²) >= 11 is 0. The van der Waals surface area contributed by atoms with Crippen molar-refractivity contribution < 1.29 is 4.74 Å². The van der Waals surface area contributed by atoms with Gasteiger partial charge in [0.2, 0.25) is 0 Å². The average Bonchev–Trinajstić information content (AvgIpc) is 2.64. The van der Waals surface area contributed by atoms with Gasteiger partial charge in [0.1, 0.15) is 0 Å². The number of nitrogens with one attached hydrogen (secondary N) is 2. The maximum absolute atomic E-state index is 5.38. The molecule has 0 aliphatic rings. The van der Waals surface area contributed by atoms with Crippen LogP contribution in [0, 0.1) is 6.92 Å². The van der Waals surface area contributed by atoms with Crippen LogP contribution in [0.15, 0.2) is 59.6 Å². The van der Waals surface area contributed by atoms with Gasteiger partial charge in [-0.1, -0.05) is 48.0 Å². The lowest BCUT2D eigenvalue weighted by Crippen LogP contribution is -2.31. The van der Waals surface area contributed by atoms with Crippen LogP contribution in [-0.2, 0) is 11.3 Å². The zero-order chi connectivity index (χ0) is 17.7. The number of aliphatic imine (C=N–C) groups is 1. The van der Waals surface area contributed by atoms with Gasteiger partial charge in [-0.3, -0.25) is 0 Å². The molecule has 0 amide bonds. The zero-order valence-electron chi connectivity index (χ0n) is 15.7. The summed E-state index contributed by atoms with van der Waals surface area (Å²) in [5, 5.41) is 6.78. The molecule has 0 aliphatic heterocycles. The highest BCUT2D eigenvalue weighted by Crippen LogP contribution is 2.07. The number of anilines is 1. The largest absolute Gasteiger partial charge is 0.382 e. The second-order valence-corrected chi connectivity index (χ2v) is 5.97. The Hall–Kier alpha value is -1.60. The summed E-state index contributed by atoms with van der Waals surface area (Å²) in [6.07, 6.45) is 2.11. The number of benzene rings is 2. The Balaban J connectivity index is 0.00000338. The molecular formula is C21H30IN3O. The van der Waals surface area contributed by atoms with Gasteiger partial charge >= 0.3 is 0 Å². The number of guanidine groups is 1. The van der Waals surface area contributed by atoms with E-state index in [-0.39, 0.29) is 24.0 Å². The Labute approximate surface area is 174 Å². The molecular weight excluding hydrogens is 437 g/mol. The van der Waals surface area contributed by atoms with Gasteiger partial charge in [-0.2, -0.15) is 0 Å². The van der Waals surface area contributed by atoms with E-state index >= 15 is 0 Å². The fourth-order valence-electron chi connectivity index (χ4n) is 2.34. The lowest BCUT2D eigenvalue weighted by atomic mass is 10.1. The van der Waals surface area contributed by atoms with Crippen LogP contribution < -0.4 is 10.6 Å². The fourth-order valence-corrected chi connectivity index (χ4v) is 2.34. The third-order valence-corrected chi connectivity index (χ3v) is 3.79. The first kappa shape index (κ1) is 22.4. The van der Waals surface area contributed by atoms with E-state index in [1.165, 1.54) is 11.1 Å². The van der Waals surface area contributed by atoms with Gasteiger partial charge in [-0.05, 0) is 44.4 Å². The molecule has 2 aromatic carbocycles. The molecule has 26 heavy (non-hydrogen) atoms. The van der Waals surface area contributed by atoms with Gasteiger partial charge in [0.05, 0.1) is 6.54 Å². The average molecular weight is 467 g/mol. The molecule has 2 aromatic rings. The van der Waals surface area contributed by atoms with E-state index in [2.05, 4.69) is 41.8 Å². The van der Waals surface area contributed by atoms with Crippen molar-refractivity contribution in [1.82, 2.24) is 5.32 Å². The van der Waals surface area contributed by atoms with Crippen LogP contribution in [0.3, 0.4) is 0 Å². The Bertz CT molecular complexity index is 629. The topological polar surface area (TPSA) is 45.6 Å². The summed E-state index contributed by atoms with van der Waals surface area (Å²) in [5.74, 6) is 0.809. The van der Waals surface area contributed by atoms with Crippen LogP contribution in [0.2, 0.25) is 0 Å².